The SMILES string of the molecule is CCOC(=O)[C@H](C)OC(=O)OC1=C(C)NC(C)=C(c2nnco2)C1c1cccc(Cl)c1Cl. The lowest BCUT2D eigenvalue weighted by molar-refractivity contribution is -0.153. The third-order valence-corrected chi connectivity index (χ3v) is 5.50. The van der Waals surface area contributed by atoms with E-state index in [0.717, 1.165) is 0 Å². The van der Waals surface area contributed by atoms with Crippen molar-refractivity contribution in [3.63, 3.8) is 0 Å². The van der Waals surface area contributed by atoms with Crippen LogP contribution < -0.4 is 5.32 Å². The lowest BCUT2D eigenvalue weighted by atomic mass is 9.85. The molecular formula is C21H21Cl2N3O6. The van der Waals surface area contributed by atoms with Crippen molar-refractivity contribution in [2.75, 3.05) is 6.61 Å². The summed E-state index contributed by atoms with van der Waals surface area (Å²) >= 11 is 12.8. The van der Waals surface area contributed by atoms with Crippen LogP contribution in [0, 0.1) is 0 Å². The molecule has 1 aromatic heterocycles. The molecular weight excluding hydrogens is 461 g/mol. The van der Waals surface area contributed by atoms with E-state index in [0.29, 0.717) is 27.6 Å². The Morgan fingerprint density at radius 2 is 2.00 bits per heavy atom. The van der Waals surface area contributed by atoms with Gasteiger partial charge >= 0.3 is 12.1 Å². The van der Waals surface area contributed by atoms with E-state index in [1.54, 1.807) is 32.0 Å². The van der Waals surface area contributed by atoms with Gasteiger partial charge in [0.05, 0.1) is 33.8 Å². The predicted molar refractivity (Wildman–Crippen MR) is 116 cm³/mol. The van der Waals surface area contributed by atoms with Crippen molar-refractivity contribution >= 4 is 40.9 Å². The normalized spacial score (nSPS) is 17.0. The van der Waals surface area contributed by atoms with Crippen LogP contribution in [0.2, 0.25) is 10.0 Å². The number of rotatable bonds is 6. The van der Waals surface area contributed by atoms with Crippen LogP contribution in [0.25, 0.3) is 5.57 Å². The summed E-state index contributed by atoms with van der Waals surface area (Å²) < 4.78 is 20.9. The van der Waals surface area contributed by atoms with Crippen LogP contribution in [0.5, 0.6) is 0 Å². The smallest absolute Gasteiger partial charge is 0.463 e. The van der Waals surface area contributed by atoms with Crippen LogP contribution in [-0.4, -0.2) is 35.0 Å². The highest BCUT2D eigenvalue weighted by molar-refractivity contribution is 6.42. The topological polar surface area (TPSA) is 113 Å². The zero-order valence-corrected chi connectivity index (χ0v) is 19.3. The second-order valence-electron chi connectivity index (χ2n) is 6.84. The highest BCUT2D eigenvalue weighted by Crippen LogP contribution is 2.46. The summed E-state index contributed by atoms with van der Waals surface area (Å²) in [6.45, 7) is 6.72. The predicted octanol–water partition coefficient (Wildman–Crippen LogP) is 4.83. The molecule has 11 heteroatoms. The first-order valence-electron chi connectivity index (χ1n) is 9.68. The van der Waals surface area contributed by atoms with E-state index in [4.69, 9.17) is 41.8 Å². The average molecular weight is 482 g/mol. The second-order valence-corrected chi connectivity index (χ2v) is 7.62. The summed E-state index contributed by atoms with van der Waals surface area (Å²) in [5.41, 5.74) is 2.30. The Morgan fingerprint density at radius 1 is 1.25 bits per heavy atom. The van der Waals surface area contributed by atoms with Gasteiger partial charge in [-0.15, -0.1) is 10.2 Å². The van der Waals surface area contributed by atoms with Crippen LogP contribution in [0.3, 0.4) is 0 Å². The fourth-order valence-corrected chi connectivity index (χ4v) is 3.71. The largest absolute Gasteiger partial charge is 0.514 e. The second kappa shape index (κ2) is 10.1. The molecule has 170 valence electrons. The highest BCUT2D eigenvalue weighted by Gasteiger charge is 2.37. The van der Waals surface area contributed by atoms with E-state index in [9.17, 15) is 9.59 Å². The van der Waals surface area contributed by atoms with Crippen molar-refractivity contribution in [3.8, 4) is 0 Å². The van der Waals surface area contributed by atoms with Gasteiger partial charge in [0.1, 0.15) is 5.76 Å². The molecule has 0 radical (unpaired) electrons. The summed E-state index contributed by atoms with van der Waals surface area (Å²) in [7, 11) is 0. The minimum Gasteiger partial charge on any atom is -0.463 e. The number of allylic oxidation sites excluding steroid dienone is 3. The Morgan fingerprint density at radius 3 is 2.66 bits per heavy atom. The molecule has 2 aromatic rings. The van der Waals surface area contributed by atoms with Crippen molar-refractivity contribution in [1.82, 2.24) is 15.5 Å². The number of halogens is 2. The molecule has 0 aliphatic carbocycles. The molecule has 9 nitrogen and oxygen atoms in total. The van der Waals surface area contributed by atoms with E-state index < -0.39 is 24.1 Å². The molecule has 1 aliphatic rings. The number of dihydropyridines is 1. The number of benzene rings is 1. The zero-order valence-electron chi connectivity index (χ0n) is 17.8. The molecule has 2 heterocycles. The van der Waals surface area contributed by atoms with E-state index in [1.807, 2.05) is 6.92 Å². The Kier molecular flexibility index (Phi) is 7.42. The molecule has 1 N–H and O–H groups in total. The van der Waals surface area contributed by atoms with Gasteiger partial charge in [0.2, 0.25) is 12.3 Å². The summed E-state index contributed by atoms with van der Waals surface area (Å²) in [4.78, 5) is 24.3. The number of hydrogen-bond donors (Lipinski definition) is 1. The minimum absolute atomic E-state index is 0.155. The number of esters is 1. The fourth-order valence-electron chi connectivity index (χ4n) is 3.29. The van der Waals surface area contributed by atoms with Crippen molar-refractivity contribution in [1.29, 1.82) is 0 Å². The maximum atomic E-state index is 12.5. The molecule has 32 heavy (non-hydrogen) atoms. The standard InChI is InChI=1S/C21H21Cl2N3O6/c1-5-29-20(27)12(4)31-21(28)32-18-11(3)25-10(2)15(19-26-24-9-30-19)16(18)13-7-6-8-14(22)17(13)23/h6-9,12,16,25H,5H2,1-4H3/t12-,16?/m0/s1. The lowest BCUT2D eigenvalue weighted by Crippen LogP contribution is -2.30. The van der Waals surface area contributed by atoms with Crippen LogP contribution in [0.1, 0.15) is 45.1 Å². The lowest BCUT2D eigenvalue weighted by Gasteiger charge is -2.30. The Balaban J connectivity index is 2.01. The van der Waals surface area contributed by atoms with E-state index in [2.05, 4.69) is 15.5 Å². The third-order valence-electron chi connectivity index (χ3n) is 4.67. The zero-order chi connectivity index (χ0) is 23.4. The fraction of sp³-hybridized carbons (Fsp3) is 0.333. The first-order valence-corrected chi connectivity index (χ1v) is 10.4. The number of carbonyl (C=O) groups excluding carboxylic acids is 2. The number of ether oxygens (including phenoxy) is 3. The van der Waals surface area contributed by atoms with E-state index in [1.165, 1.54) is 13.3 Å². The van der Waals surface area contributed by atoms with E-state index in [-0.39, 0.29) is 23.3 Å². The molecule has 1 aromatic carbocycles. The summed E-state index contributed by atoms with van der Waals surface area (Å²) in [5.74, 6) is -1.03. The van der Waals surface area contributed by atoms with Crippen LogP contribution in [0.15, 0.2) is 46.2 Å². The number of nitrogens with zero attached hydrogens (tertiary/aromatic N) is 2. The van der Waals surface area contributed by atoms with Crippen molar-refractivity contribution in [3.05, 3.63) is 63.2 Å². The van der Waals surface area contributed by atoms with Gasteiger partial charge in [0, 0.05) is 5.70 Å². The van der Waals surface area contributed by atoms with Gasteiger partial charge in [-0.3, -0.25) is 0 Å². The van der Waals surface area contributed by atoms with Crippen LogP contribution in [-0.2, 0) is 19.0 Å². The number of nitrogens with one attached hydrogen (secondary N) is 1. The van der Waals surface area contributed by atoms with Crippen molar-refractivity contribution in [2.45, 2.75) is 39.7 Å². The monoisotopic (exact) mass is 481 g/mol. The number of aromatic nitrogens is 2. The molecule has 0 fully saturated rings. The van der Waals surface area contributed by atoms with Gasteiger partial charge < -0.3 is 23.9 Å². The first kappa shape index (κ1) is 23.6. The number of carbonyl (C=O) groups is 2. The molecule has 1 unspecified atom stereocenters. The molecule has 0 amide bonds. The van der Waals surface area contributed by atoms with Crippen molar-refractivity contribution in [2.24, 2.45) is 0 Å². The summed E-state index contributed by atoms with van der Waals surface area (Å²) in [5, 5.41) is 11.5. The van der Waals surface area contributed by atoms with Gasteiger partial charge in [-0.05, 0) is 39.3 Å². The Bertz CT molecular complexity index is 1080. The van der Waals surface area contributed by atoms with Gasteiger partial charge in [-0.2, -0.15) is 0 Å². The molecule has 1 aliphatic heterocycles. The molecule has 0 spiro atoms. The summed E-state index contributed by atoms with van der Waals surface area (Å²) in [6, 6.07) is 5.11. The average Bonchev–Trinajstić information content (AvgIpc) is 3.26. The first-order chi connectivity index (χ1) is 15.2. The van der Waals surface area contributed by atoms with Gasteiger partial charge in [-0.25, -0.2) is 9.59 Å². The quantitative estimate of drug-likeness (QED) is 0.579. The van der Waals surface area contributed by atoms with Crippen LogP contribution >= 0.6 is 23.2 Å². The third kappa shape index (κ3) is 4.89. The summed E-state index contributed by atoms with van der Waals surface area (Å²) in [6.07, 6.45) is -1.05. The molecule has 2 atom stereocenters. The maximum absolute atomic E-state index is 12.5. The Labute approximate surface area is 194 Å². The van der Waals surface area contributed by atoms with Gasteiger partial charge in [-0.1, -0.05) is 35.3 Å². The Hall–Kier alpha value is -3.04. The van der Waals surface area contributed by atoms with Gasteiger partial charge in [0.15, 0.2) is 6.10 Å². The minimum atomic E-state index is -1.15. The maximum Gasteiger partial charge on any atom is 0.514 e. The number of hydrogen-bond acceptors (Lipinski definition) is 9. The van der Waals surface area contributed by atoms with E-state index >= 15 is 0 Å². The molecule has 3 rings (SSSR count). The van der Waals surface area contributed by atoms with Crippen LogP contribution in [0.4, 0.5) is 4.79 Å². The van der Waals surface area contributed by atoms with Gasteiger partial charge in [0.25, 0.3) is 0 Å². The van der Waals surface area contributed by atoms with Crippen molar-refractivity contribution < 1.29 is 28.2 Å². The highest BCUT2D eigenvalue weighted by atomic mass is 35.5. The molecule has 0 saturated heterocycles. The molecule has 0 saturated carbocycles. The molecule has 0 bridgehead atoms.